The Balaban J connectivity index is 1.64. The van der Waals surface area contributed by atoms with Crippen LogP contribution in [-0.2, 0) is 17.9 Å². The van der Waals surface area contributed by atoms with Crippen LogP contribution in [0.15, 0.2) is 30.6 Å². The molecule has 0 atom stereocenters. The van der Waals surface area contributed by atoms with Crippen molar-refractivity contribution in [3.05, 3.63) is 41.7 Å². The van der Waals surface area contributed by atoms with Crippen LogP contribution < -0.4 is 21.5 Å². The highest BCUT2D eigenvalue weighted by Crippen LogP contribution is 2.20. The van der Waals surface area contributed by atoms with Crippen LogP contribution in [0.25, 0.3) is 11.2 Å². The molecule has 3 aromatic rings. The van der Waals surface area contributed by atoms with Crippen molar-refractivity contribution in [2.75, 3.05) is 12.3 Å². The number of ether oxygens (including phenoxy) is 1. The van der Waals surface area contributed by atoms with Crippen molar-refractivity contribution in [1.82, 2.24) is 25.3 Å². The molecule has 3 rings (SSSR count). The number of aromatic nitrogens is 4. The zero-order valence-electron chi connectivity index (χ0n) is 12.8. The lowest BCUT2D eigenvalue weighted by Gasteiger charge is -2.08. The minimum Gasteiger partial charge on any atom is -0.471 e. The molecule has 0 aliphatic rings. The Bertz CT molecular complexity index is 845. The highest BCUT2D eigenvalue weighted by molar-refractivity contribution is 5.77. The molecular formula is C15H17N7O2. The van der Waals surface area contributed by atoms with E-state index in [0.29, 0.717) is 30.2 Å². The van der Waals surface area contributed by atoms with E-state index in [0.717, 1.165) is 11.1 Å². The molecule has 0 spiro atoms. The summed E-state index contributed by atoms with van der Waals surface area (Å²) in [5, 5.41) is 2.71. The lowest BCUT2D eigenvalue weighted by atomic mass is 10.1. The molecule has 6 N–H and O–H groups in total. The Hall–Kier alpha value is -3.20. The van der Waals surface area contributed by atoms with Gasteiger partial charge >= 0.3 is 0 Å². The first kappa shape index (κ1) is 15.7. The van der Waals surface area contributed by atoms with Gasteiger partial charge in [0.05, 0.1) is 12.9 Å². The van der Waals surface area contributed by atoms with Crippen LogP contribution in [-0.4, -0.2) is 32.4 Å². The molecule has 0 radical (unpaired) electrons. The molecule has 0 aliphatic carbocycles. The van der Waals surface area contributed by atoms with E-state index < -0.39 is 0 Å². The van der Waals surface area contributed by atoms with Gasteiger partial charge in [-0.25, -0.2) is 4.98 Å². The molecule has 1 aromatic carbocycles. The van der Waals surface area contributed by atoms with Crippen LogP contribution in [0.5, 0.6) is 5.88 Å². The van der Waals surface area contributed by atoms with Crippen molar-refractivity contribution in [3.8, 4) is 5.88 Å². The molecule has 2 heterocycles. The second-order valence-corrected chi connectivity index (χ2v) is 5.07. The Morgan fingerprint density at radius 3 is 2.71 bits per heavy atom. The van der Waals surface area contributed by atoms with Crippen LogP contribution in [0.1, 0.15) is 11.1 Å². The highest BCUT2D eigenvalue weighted by atomic mass is 16.5. The van der Waals surface area contributed by atoms with Crippen LogP contribution >= 0.6 is 0 Å². The number of nitrogen functional groups attached to an aromatic ring is 1. The van der Waals surface area contributed by atoms with Gasteiger partial charge in [0.1, 0.15) is 12.1 Å². The van der Waals surface area contributed by atoms with E-state index in [1.165, 1.54) is 6.33 Å². The van der Waals surface area contributed by atoms with Crippen molar-refractivity contribution >= 4 is 23.0 Å². The number of H-pyrrole nitrogens is 1. The lowest BCUT2D eigenvalue weighted by Crippen LogP contribution is -2.29. The van der Waals surface area contributed by atoms with Crippen LogP contribution in [0.4, 0.5) is 5.95 Å². The molecule has 1 amide bonds. The molecule has 124 valence electrons. The number of imidazole rings is 1. The molecule has 9 nitrogen and oxygen atoms in total. The number of carbonyl (C=O) groups is 1. The van der Waals surface area contributed by atoms with E-state index in [2.05, 4.69) is 25.3 Å². The van der Waals surface area contributed by atoms with Gasteiger partial charge in [-0.15, -0.1) is 0 Å². The number of hydrogen-bond donors (Lipinski definition) is 4. The lowest BCUT2D eigenvalue weighted by molar-refractivity contribution is -0.119. The molecule has 2 aromatic heterocycles. The Morgan fingerprint density at radius 1 is 1.21 bits per heavy atom. The second-order valence-electron chi connectivity index (χ2n) is 5.07. The largest absolute Gasteiger partial charge is 0.471 e. The third-order valence-corrected chi connectivity index (χ3v) is 3.34. The van der Waals surface area contributed by atoms with Crippen molar-refractivity contribution in [1.29, 1.82) is 0 Å². The smallest absolute Gasteiger partial charge is 0.245 e. The summed E-state index contributed by atoms with van der Waals surface area (Å²) in [7, 11) is 0. The zero-order chi connectivity index (χ0) is 16.9. The number of nitrogens with zero attached hydrogens (tertiary/aromatic N) is 3. The van der Waals surface area contributed by atoms with E-state index in [1.807, 2.05) is 24.3 Å². The van der Waals surface area contributed by atoms with Gasteiger partial charge in [0.25, 0.3) is 0 Å². The normalized spacial score (nSPS) is 10.7. The van der Waals surface area contributed by atoms with Gasteiger partial charge in [0.2, 0.25) is 17.7 Å². The first-order valence-electron chi connectivity index (χ1n) is 7.29. The van der Waals surface area contributed by atoms with Gasteiger partial charge in [0, 0.05) is 6.54 Å². The average Bonchev–Trinajstić information content (AvgIpc) is 3.06. The van der Waals surface area contributed by atoms with Gasteiger partial charge in [-0.2, -0.15) is 9.97 Å². The predicted octanol–water partition coefficient (Wildman–Crippen LogP) is 0.0890. The second kappa shape index (κ2) is 6.92. The summed E-state index contributed by atoms with van der Waals surface area (Å²) in [6.45, 7) is 0.741. The number of fused-ring (bicyclic) bond motifs is 1. The number of amides is 1. The Morgan fingerprint density at radius 2 is 1.96 bits per heavy atom. The number of nitrogens with two attached hydrogens (primary N) is 2. The summed E-state index contributed by atoms with van der Waals surface area (Å²) in [5.74, 6) is 0.275. The van der Waals surface area contributed by atoms with Gasteiger partial charge in [-0.1, -0.05) is 24.3 Å². The molecule has 0 saturated heterocycles. The van der Waals surface area contributed by atoms with E-state index >= 15 is 0 Å². The maximum absolute atomic E-state index is 11.1. The monoisotopic (exact) mass is 327 g/mol. The fourth-order valence-corrected chi connectivity index (χ4v) is 2.10. The summed E-state index contributed by atoms with van der Waals surface area (Å²) in [6.07, 6.45) is 1.51. The maximum Gasteiger partial charge on any atom is 0.245 e. The third kappa shape index (κ3) is 3.58. The summed E-state index contributed by atoms with van der Waals surface area (Å²) >= 11 is 0. The summed E-state index contributed by atoms with van der Waals surface area (Å²) in [5.41, 5.74) is 13.9. The number of hydrogen-bond acceptors (Lipinski definition) is 7. The number of nitrogens with one attached hydrogen (secondary N) is 2. The van der Waals surface area contributed by atoms with Crippen molar-refractivity contribution < 1.29 is 9.53 Å². The first-order chi connectivity index (χ1) is 11.7. The topological polar surface area (TPSA) is 145 Å². The van der Waals surface area contributed by atoms with Gasteiger partial charge in [-0.3, -0.25) is 4.79 Å². The van der Waals surface area contributed by atoms with E-state index in [-0.39, 0.29) is 18.4 Å². The number of carbonyl (C=O) groups excluding carboxylic acids is 1. The van der Waals surface area contributed by atoms with E-state index in [9.17, 15) is 4.79 Å². The molecule has 9 heteroatoms. The van der Waals surface area contributed by atoms with Crippen molar-refractivity contribution in [2.45, 2.75) is 13.2 Å². The molecule has 24 heavy (non-hydrogen) atoms. The van der Waals surface area contributed by atoms with Crippen molar-refractivity contribution in [2.24, 2.45) is 5.73 Å². The van der Waals surface area contributed by atoms with Crippen molar-refractivity contribution in [3.63, 3.8) is 0 Å². The molecule has 0 unspecified atom stereocenters. The average molecular weight is 327 g/mol. The summed E-state index contributed by atoms with van der Waals surface area (Å²) < 4.78 is 5.71. The summed E-state index contributed by atoms with van der Waals surface area (Å²) in [6, 6.07) is 7.66. The van der Waals surface area contributed by atoms with Crippen LogP contribution in [0, 0.1) is 0 Å². The molecule has 0 fully saturated rings. The minimum atomic E-state index is -0.188. The SMILES string of the molecule is NCC(=O)NCc1ccc(COc2nc(N)nc3nc[nH]c23)cc1. The molecule has 0 bridgehead atoms. The van der Waals surface area contributed by atoms with E-state index in [1.54, 1.807) is 0 Å². The number of benzene rings is 1. The quantitative estimate of drug-likeness (QED) is 0.502. The van der Waals surface area contributed by atoms with Crippen LogP contribution in [0.3, 0.4) is 0 Å². The number of anilines is 1. The number of rotatable bonds is 6. The Labute approximate surface area is 137 Å². The van der Waals surface area contributed by atoms with Gasteiger partial charge in [0.15, 0.2) is 5.65 Å². The third-order valence-electron chi connectivity index (χ3n) is 3.34. The minimum absolute atomic E-state index is 0.0178. The predicted molar refractivity (Wildman–Crippen MR) is 87.8 cm³/mol. The Kier molecular flexibility index (Phi) is 4.52. The molecule has 0 saturated carbocycles. The maximum atomic E-state index is 11.1. The fraction of sp³-hybridized carbons (Fsp3) is 0.200. The number of aromatic amines is 1. The van der Waals surface area contributed by atoms with Crippen LogP contribution in [0.2, 0.25) is 0 Å². The molecule has 0 aliphatic heterocycles. The molecular weight excluding hydrogens is 310 g/mol. The van der Waals surface area contributed by atoms with Gasteiger partial charge < -0.3 is 26.5 Å². The highest BCUT2D eigenvalue weighted by Gasteiger charge is 2.10. The zero-order valence-corrected chi connectivity index (χ0v) is 12.8. The van der Waals surface area contributed by atoms with Gasteiger partial charge in [-0.05, 0) is 11.1 Å². The fourth-order valence-electron chi connectivity index (χ4n) is 2.10. The van der Waals surface area contributed by atoms with E-state index in [4.69, 9.17) is 16.2 Å². The first-order valence-corrected chi connectivity index (χ1v) is 7.29. The summed E-state index contributed by atoms with van der Waals surface area (Å²) in [4.78, 5) is 26.2. The standard InChI is InChI=1S/C15H17N7O2/c16-5-11(23)18-6-9-1-3-10(4-2-9)7-24-14-12-13(20-8-19-12)21-15(17)22-14/h1-4,8H,5-7,16H2,(H,18,23)(H3,17,19,20,21,22).